The first-order valence-corrected chi connectivity index (χ1v) is 7.63. The average molecular weight is 290 g/mol. The lowest BCUT2D eigenvalue weighted by molar-refractivity contribution is -0.138. The van der Waals surface area contributed by atoms with Crippen LogP contribution in [0.25, 0.3) is 0 Å². The standard InChI is InChI=1S/C17H26N2O2/c1-13-12-18-10-7-11-19(13)16(20)17(2,3)14-8-5-6-9-15(14)21-4/h5-6,8-9,13,18H,7,10-12H2,1-4H3. The SMILES string of the molecule is COc1ccccc1C(C)(C)C(=O)N1CCCNCC1C. The van der Waals surface area contributed by atoms with Crippen LogP contribution < -0.4 is 10.1 Å². The second-order valence-corrected chi connectivity index (χ2v) is 6.23. The van der Waals surface area contributed by atoms with Gasteiger partial charge in [-0.25, -0.2) is 0 Å². The minimum Gasteiger partial charge on any atom is -0.496 e. The number of ether oxygens (including phenoxy) is 1. The minimum absolute atomic E-state index is 0.170. The molecule has 0 bridgehead atoms. The van der Waals surface area contributed by atoms with Gasteiger partial charge < -0.3 is 15.0 Å². The van der Waals surface area contributed by atoms with Crippen LogP contribution in [-0.2, 0) is 10.2 Å². The van der Waals surface area contributed by atoms with E-state index >= 15 is 0 Å². The van der Waals surface area contributed by atoms with Gasteiger partial charge in [0.15, 0.2) is 0 Å². The molecule has 0 aliphatic carbocycles. The van der Waals surface area contributed by atoms with E-state index in [-0.39, 0.29) is 11.9 Å². The van der Waals surface area contributed by atoms with Gasteiger partial charge in [0.2, 0.25) is 5.91 Å². The van der Waals surface area contributed by atoms with E-state index in [1.54, 1.807) is 7.11 Å². The van der Waals surface area contributed by atoms with Crippen molar-refractivity contribution in [3.05, 3.63) is 29.8 Å². The summed E-state index contributed by atoms with van der Waals surface area (Å²) in [5.74, 6) is 0.944. The zero-order valence-corrected chi connectivity index (χ0v) is 13.5. The van der Waals surface area contributed by atoms with E-state index in [1.165, 1.54) is 0 Å². The van der Waals surface area contributed by atoms with Gasteiger partial charge in [-0.05, 0) is 39.8 Å². The van der Waals surface area contributed by atoms with Gasteiger partial charge in [-0.15, -0.1) is 0 Å². The van der Waals surface area contributed by atoms with Crippen LogP contribution in [0.3, 0.4) is 0 Å². The van der Waals surface area contributed by atoms with Gasteiger partial charge in [0.25, 0.3) is 0 Å². The lowest BCUT2D eigenvalue weighted by Gasteiger charge is -2.35. The van der Waals surface area contributed by atoms with Crippen LogP contribution in [0.5, 0.6) is 5.75 Å². The highest BCUT2D eigenvalue weighted by Gasteiger charge is 2.37. The number of carbonyl (C=O) groups is 1. The topological polar surface area (TPSA) is 41.6 Å². The predicted octanol–water partition coefficient (Wildman–Crippen LogP) is 2.18. The zero-order chi connectivity index (χ0) is 15.5. The molecule has 1 amide bonds. The molecule has 0 aromatic heterocycles. The van der Waals surface area contributed by atoms with Crippen LogP contribution in [0.4, 0.5) is 0 Å². The number of benzene rings is 1. The number of para-hydroxylation sites is 1. The van der Waals surface area contributed by atoms with Crippen molar-refractivity contribution >= 4 is 5.91 Å². The van der Waals surface area contributed by atoms with E-state index < -0.39 is 5.41 Å². The molecular formula is C17H26N2O2. The van der Waals surface area contributed by atoms with Gasteiger partial charge in [-0.2, -0.15) is 0 Å². The van der Waals surface area contributed by atoms with Crippen LogP contribution in [0, 0.1) is 0 Å². The molecule has 1 heterocycles. The Morgan fingerprint density at radius 1 is 1.38 bits per heavy atom. The molecule has 116 valence electrons. The van der Waals surface area contributed by atoms with E-state index in [0.29, 0.717) is 0 Å². The lowest BCUT2D eigenvalue weighted by Crippen LogP contribution is -2.49. The lowest BCUT2D eigenvalue weighted by atomic mass is 9.82. The summed E-state index contributed by atoms with van der Waals surface area (Å²) >= 11 is 0. The van der Waals surface area contributed by atoms with Gasteiger partial charge in [0.1, 0.15) is 5.75 Å². The third kappa shape index (κ3) is 3.21. The van der Waals surface area contributed by atoms with Gasteiger partial charge in [0.05, 0.1) is 12.5 Å². The van der Waals surface area contributed by atoms with Gasteiger partial charge in [0, 0.05) is 24.7 Å². The number of nitrogens with zero attached hydrogens (tertiary/aromatic N) is 1. The smallest absolute Gasteiger partial charge is 0.233 e. The summed E-state index contributed by atoms with van der Waals surface area (Å²) in [6.07, 6.45) is 0.998. The van der Waals surface area contributed by atoms with Crippen LogP contribution in [0.2, 0.25) is 0 Å². The Kier molecular flexibility index (Phi) is 4.88. The largest absolute Gasteiger partial charge is 0.496 e. The molecule has 1 fully saturated rings. The molecule has 2 rings (SSSR count). The zero-order valence-electron chi connectivity index (χ0n) is 13.5. The number of methoxy groups -OCH3 is 1. The van der Waals surface area contributed by atoms with Crippen molar-refractivity contribution < 1.29 is 9.53 Å². The van der Waals surface area contributed by atoms with E-state index in [1.807, 2.05) is 43.0 Å². The summed E-state index contributed by atoms with van der Waals surface area (Å²) in [5, 5.41) is 3.38. The first kappa shape index (κ1) is 15.8. The fourth-order valence-corrected chi connectivity index (χ4v) is 2.95. The summed E-state index contributed by atoms with van der Waals surface area (Å²) < 4.78 is 5.44. The van der Waals surface area contributed by atoms with Crippen molar-refractivity contribution in [2.45, 2.75) is 38.6 Å². The fraction of sp³-hybridized carbons (Fsp3) is 0.588. The number of hydrogen-bond donors (Lipinski definition) is 1. The maximum atomic E-state index is 13.1. The predicted molar refractivity (Wildman–Crippen MR) is 84.7 cm³/mol. The van der Waals surface area contributed by atoms with Crippen molar-refractivity contribution in [2.24, 2.45) is 0 Å². The van der Waals surface area contributed by atoms with Crippen molar-refractivity contribution in [1.29, 1.82) is 0 Å². The number of amides is 1. The molecule has 0 spiro atoms. The molecule has 1 aliphatic rings. The average Bonchev–Trinajstić information content (AvgIpc) is 2.70. The van der Waals surface area contributed by atoms with E-state index in [9.17, 15) is 4.79 Å². The van der Waals surface area contributed by atoms with E-state index in [0.717, 1.165) is 37.4 Å². The Morgan fingerprint density at radius 2 is 2.10 bits per heavy atom. The normalized spacial score (nSPS) is 20.0. The molecule has 1 aromatic carbocycles. The first-order valence-electron chi connectivity index (χ1n) is 7.63. The number of hydrogen-bond acceptors (Lipinski definition) is 3. The monoisotopic (exact) mass is 290 g/mol. The third-order valence-corrected chi connectivity index (χ3v) is 4.30. The summed E-state index contributed by atoms with van der Waals surface area (Å²) in [6, 6.07) is 8.01. The Hall–Kier alpha value is -1.55. The van der Waals surface area contributed by atoms with Crippen LogP contribution in [0.1, 0.15) is 32.8 Å². The second kappa shape index (κ2) is 6.48. The highest BCUT2D eigenvalue weighted by Crippen LogP contribution is 2.33. The maximum absolute atomic E-state index is 13.1. The molecule has 1 N–H and O–H groups in total. The highest BCUT2D eigenvalue weighted by atomic mass is 16.5. The van der Waals surface area contributed by atoms with Crippen LogP contribution in [0.15, 0.2) is 24.3 Å². The van der Waals surface area contributed by atoms with Crippen molar-refractivity contribution in [2.75, 3.05) is 26.7 Å². The highest BCUT2D eigenvalue weighted by molar-refractivity contribution is 5.88. The fourth-order valence-electron chi connectivity index (χ4n) is 2.95. The molecule has 0 radical (unpaired) electrons. The molecular weight excluding hydrogens is 264 g/mol. The molecule has 4 nitrogen and oxygen atoms in total. The Balaban J connectivity index is 2.31. The van der Waals surface area contributed by atoms with E-state index in [2.05, 4.69) is 12.2 Å². The molecule has 0 saturated carbocycles. The van der Waals surface area contributed by atoms with Gasteiger partial charge in [-0.1, -0.05) is 18.2 Å². The van der Waals surface area contributed by atoms with E-state index in [4.69, 9.17) is 4.74 Å². The summed E-state index contributed by atoms with van der Waals surface area (Å²) in [4.78, 5) is 15.1. The van der Waals surface area contributed by atoms with Crippen molar-refractivity contribution in [1.82, 2.24) is 10.2 Å². The van der Waals surface area contributed by atoms with Crippen LogP contribution >= 0.6 is 0 Å². The Bertz CT molecular complexity index is 499. The van der Waals surface area contributed by atoms with Crippen molar-refractivity contribution in [3.63, 3.8) is 0 Å². The number of rotatable bonds is 3. The molecule has 1 unspecified atom stereocenters. The third-order valence-electron chi connectivity index (χ3n) is 4.30. The molecule has 1 aromatic rings. The summed E-state index contributed by atoms with van der Waals surface area (Å²) in [6.45, 7) is 8.72. The second-order valence-electron chi connectivity index (χ2n) is 6.23. The van der Waals surface area contributed by atoms with Gasteiger partial charge in [-0.3, -0.25) is 4.79 Å². The van der Waals surface area contributed by atoms with Gasteiger partial charge >= 0.3 is 0 Å². The Morgan fingerprint density at radius 3 is 2.81 bits per heavy atom. The molecule has 1 aliphatic heterocycles. The minimum atomic E-state index is -0.592. The molecule has 1 atom stereocenters. The maximum Gasteiger partial charge on any atom is 0.233 e. The summed E-state index contributed by atoms with van der Waals surface area (Å²) in [5.41, 5.74) is 0.354. The number of nitrogens with one attached hydrogen (secondary N) is 1. The Labute approximate surface area is 127 Å². The molecule has 4 heteroatoms. The van der Waals surface area contributed by atoms with Crippen molar-refractivity contribution in [3.8, 4) is 5.75 Å². The van der Waals surface area contributed by atoms with Crippen LogP contribution in [-0.4, -0.2) is 43.6 Å². The quantitative estimate of drug-likeness (QED) is 0.928. The first-order chi connectivity index (χ1) is 9.98. The molecule has 1 saturated heterocycles. The molecule has 21 heavy (non-hydrogen) atoms. The number of carbonyl (C=O) groups excluding carboxylic acids is 1. The summed E-state index contributed by atoms with van der Waals surface area (Å²) in [7, 11) is 1.65.